The number of quaternary nitrogens is 1. The monoisotopic (exact) mass is 423 g/mol. The lowest BCUT2D eigenvalue weighted by Crippen LogP contribution is -3.16. The van der Waals surface area contributed by atoms with Crippen LogP contribution in [0, 0.1) is 0 Å². The number of ether oxygens (including phenoxy) is 1. The number of amides is 3. The van der Waals surface area contributed by atoms with Crippen LogP contribution in [0.25, 0.3) is 0 Å². The predicted octanol–water partition coefficient (Wildman–Crippen LogP) is 1.30. The van der Waals surface area contributed by atoms with Gasteiger partial charge in [0.2, 0.25) is 0 Å². The van der Waals surface area contributed by atoms with Gasteiger partial charge in [0.05, 0.1) is 33.3 Å². The minimum absolute atomic E-state index is 0.121. The molecule has 0 aliphatic carbocycles. The fraction of sp³-hybridized carbons (Fsp3) is 0.417. The lowest BCUT2D eigenvalue weighted by atomic mass is 9.93. The first-order valence-electron chi connectivity index (χ1n) is 10.9. The van der Waals surface area contributed by atoms with Crippen molar-refractivity contribution >= 4 is 17.6 Å². The maximum absolute atomic E-state index is 13.1. The molecule has 2 saturated heterocycles. The van der Waals surface area contributed by atoms with Gasteiger partial charge >= 0.3 is 6.03 Å². The van der Waals surface area contributed by atoms with Crippen molar-refractivity contribution in [3.8, 4) is 5.75 Å². The second-order valence-electron chi connectivity index (χ2n) is 8.57. The molecule has 0 unspecified atom stereocenters. The number of rotatable bonds is 7. The number of urea groups is 1. The van der Waals surface area contributed by atoms with Gasteiger partial charge in [-0.15, -0.1) is 0 Å². The number of benzene rings is 2. The molecule has 164 valence electrons. The molecule has 2 aromatic carbocycles. The van der Waals surface area contributed by atoms with Gasteiger partial charge in [-0.3, -0.25) is 4.79 Å². The van der Waals surface area contributed by atoms with Crippen molar-refractivity contribution in [3.05, 3.63) is 60.2 Å². The van der Waals surface area contributed by atoms with Crippen LogP contribution in [0.15, 0.2) is 54.6 Å². The van der Waals surface area contributed by atoms with Gasteiger partial charge < -0.3 is 19.9 Å². The second-order valence-corrected chi connectivity index (χ2v) is 8.57. The smallest absolute Gasteiger partial charge is 0.329 e. The predicted molar refractivity (Wildman–Crippen MR) is 119 cm³/mol. The number of carbonyl (C=O) groups is 2. The fourth-order valence-electron chi connectivity index (χ4n) is 4.35. The zero-order valence-corrected chi connectivity index (χ0v) is 18.3. The molecule has 3 amide bonds. The van der Waals surface area contributed by atoms with Crippen LogP contribution in [0.1, 0.15) is 18.9 Å². The molecule has 2 aromatic rings. The molecule has 2 heterocycles. The Bertz CT molecular complexity index is 910. The molecular weight excluding hydrogens is 392 g/mol. The van der Waals surface area contributed by atoms with Crippen molar-refractivity contribution in [1.29, 1.82) is 0 Å². The molecule has 7 nitrogen and oxygen atoms in total. The quantitative estimate of drug-likeness (QED) is 0.659. The first-order valence-corrected chi connectivity index (χ1v) is 10.9. The van der Waals surface area contributed by atoms with Crippen LogP contribution in [0.5, 0.6) is 5.75 Å². The molecule has 0 radical (unpaired) electrons. The zero-order valence-electron chi connectivity index (χ0n) is 18.3. The molecule has 2 aliphatic rings. The van der Waals surface area contributed by atoms with Crippen LogP contribution in [-0.4, -0.2) is 62.3 Å². The Kier molecular flexibility index (Phi) is 6.13. The summed E-state index contributed by atoms with van der Waals surface area (Å²) in [6.45, 7) is 5.88. The van der Waals surface area contributed by atoms with E-state index in [-0.39, 0.29) is 11.9 Å². The molecule has 0 saturated carbocycles. The Balaban J connectivity index is 1.31. The molecular formula is C24H31N4O3+. The standard InChI is InChI=1S/C24H30N4O3/c1-24(13-12-19-8-10-21(31-2)11-9-19)22(29)28(23(30)25-24)18-26-14-16-27(17-15-26)20-6-4-3-5-7-20/h3-11H,12-18H2,1-2H3,(H,25,30)/p+1/t24-/m0/s1. The fourth-order valence-corrected chi connectivity index (χ4v) is 4.35. The number of carbonyl (C=O) groups excluding carboxylic acids is 2. The van der Waals surface area contributed by atoms with E-state index in [9.17, 15) is 9.59 Å². The first-order chi connectivity index (χ1) is 15.0. The Morgan fingerprint density at radius 1 is 1.03 bits per heavy atom. The maximum Gasteiger partial charge on any atom is 0.329 e. The van der Waals surface area contributed by atoms with Gasteiger partial charge in [-0.2, -0.15) is 0 Å². The number of hydrogen-bond donors (Lipinski definition) is 2. The van der Waals surface area contributed by atoms with Crippen molar-refractivity contribution in [1.82, 2.24) is 10.2 Å². The average molecular weight is 424 g/mol. The van der Waals surface area contributed by atoms with Gasteiger partial charge in [-0.05, 0) is 49.6 Å². The van der Waals surface area contributed by atoms with Crippen LogP contribution in [0.2, 0.25) is 0 Å². The molecule has 0 spiro atoms. The van der Waals surface area contributed by atoms with Gasteiger partial charge in [-0.25, -0.2) is 9.69 Å². The summed E-state index contributed by atoms with van der Waals surface area (Å²) in [5.74, 6) is 0.686. The molecule has 2 aliphatic heterocycles. The highest BCUT2D eigenvalue weighted by atomic mass is 16.5. The molecule has 0 bridgehead atoms. The molecule has 7 heteroatoms. The first kappa shape index (κ1) is 21.2. The minimum atomic E-state index is -0.859. The SMILES string of the molecule is COc1ccc(CC[C@]2(C)NC(=O)N(C[NH+]3CCN(c4ccccc4)CC3)C2=O)cc1. The summed E-state index contributed by atoms with van der Waals surface area (Å²) < 4.78 is 5.19. The summed E-state index contributed by atoms with van der Waals surface area (Å²) >= 11 is 0. The third-order valence-corrected chi connectivity index (χ3v) is 6.39. The highest BCUT2D eigenvalue weighted by molar-refractivity contribution is 6.06. The lowest BCUT2D eigenvalue weighted by molar-refractivity contribution is -0.907. The largest absolute Gasteiger partial charge is 0.497 e. The average Bonchev–Trinajstić information content (AvgIpc) is 3.02. The van der Waals surface area contributed by atoms with Crippen molar-refractivity contribution in [3.63, 3.8) is 0 Å². The number of nitrogens with zero attached hydrogens (tertiary/aromatic N) is 2. The van der Waals surface area contributed by atoms with Crippen LogP contribution in [-0.2, 0) is 11.2 Å². The Morgan fingerprint density at radius 2 is 1.71 bits per heavy atom. The third kappa shape index (κ3) is 4.66. The zero-order chi connectivity index (χ0) is 21.8. The number of aryl methyl sites for hydroxylation is 1. The Morgan fingerprint density at radius 3 is 2.35 bits per heavy atom. The van der Waals surface area contributed by atoms with Gasteiger partial charge in [0, 0.05) is 5.69 Å². The molecule has 2 N–H and O–H groups in total. The van der Waals surface area contributed by atoms with E-state index >= 15 is 0 Å². The summed E-state index contributed by atoms with van der Waals surface area (Å²) in [7, 11) is 1.64. The number of hydrogen-bond acceptors (Lipinski definition) is 4. The van der Waals surface area contributed by atoms with Crippen molar-refractivity contribution in [2.24, 2.45) is 0 Å². The molecule has 0 aromatic heterocycles. The summed E-state index contributed by atoms with van der Waals surface area (Å²) in [6.07, 6.45) is 1.28. The summed E-state index contributed by atoms with van der Waals surface area (Å²) in [4.78, 5) is 30.7. The maximum atomic E-state index is 13.1. The number of imide groups is 1. The summed E-state index contributed by atoms with van der Waals surface area (Å²) in [6, 6.07) is 17.9. The van der Waals surface area contributed by atoms with E-state index in [4.69, 9.17) is 4.74 Å². The molecule has 1 atom stereocenters. The number of anilines is 1. The molecule has 4 rings (SSSR count). The van der Waals surface area contributed by atoms with E-state index in [0.717, 1.165) is 37.5 Å². The summed E-state index contributed by atoms with van der Waals surface area (Å²) in [5.41, 5.74) is 1.48. The van der Waals surface area contributed by atoms with E-state index < -0.39 is 5.54 Å². The van der Waals surface area contributed by atoms with E-state index in [1.54, 1.807) is 7.11 Å². The summed E-state index contributed by atoms with van der Waals surface area (Å²) in [5, 5.41) is 2.94. The topological polar surface area (TPSA) is 66.3 Å². The molecule has 2 fully saturated rings. The van der Waals surface area contributed by atoms with E-state index in [1.165, 1.54) is 15.5 Å². The van der Waals surface area contributed by atoms with E-state index in [1.807, 2.05) is 37.3 Å². The Hall–Kier alpha value is -3.06. The van der Waals surface area contributed by atoms with Gasteiger partial charge in [0.15, 0.2) is 6.67 Å². The van der Waals surface area contributed by atoms with Gasteiger partial charge in [0.25, 0.3) is 5.91 Å². The normalized spacial score (nSPS) is 22.0. The van der Waals surface area contributed by atoms with Crippen LogP contribution >= 0.6 is 0 Å². The van der Waals surface area contributed by atoms with Gasteiger partial charge in [-0.1, -0.05) is 30.3 Å². The minimum Gasteiger partial charge on any atom is -0.497 e. The Labute approximate surface area is 183 Å². The highest BCUT2D eigenvalue weighted by Gasteiger charge is 2.48. The van der Waals surface area contributed by atoms with Crippen molar-refractivity contribution < 1.29 is 19.2 Å². The lowest BCUT2D eigenvalue weighted by Gasteiger charge is -2.34. The van der Waals surface area contributed by atoms with Crippen molar-refractivity contribution in [2.75, 3.05) is 44.9 Å². The highest BCUT2D eigenvalue weighted by Crippen LogP contribution is 2.23. The number of nitrogens with one attached hydrogen (secondary N) is 2. The van der Waals surface area contributed by atoms with Crippen LogP contribution < -0.4 is 19.9 Å². The van der Waals surface area contributed by atoms with Crippen LogP contribution in [0.4, 0.5) is 10.5 Å². The van der Waals surface area contributed by atoms with E-state index in [0.29, 0.717) is 19.5 Å². The van der Waals surface area contributed by atoms with Crippen molar-refractivity contribution in [2.45, 2.75) is 25.3 Å². The number of methoxy groups -OCH3 is 1. The number of para-hydroxylation sites is 1. The van der Waals surface area contributed by atoms with Gasteiger partial charge in [0.1, 0.15) is 11.3 Å². The van der Waals surface area contributed by atoms with E-state index in [2.05, 4.69) is 34.5 Å². The second kappa shape index (κ2) is 8.98. The molecule has 31 heavy (non-hydrogen) atoms. The third-order valence-electron chi connectivity index (χ3n) is 6.39. The number of piperazine rings is 1. The van der Waals surface area contributed by atoms with Crippen LogP contribution in [0.3, 0.4) is 0 Å².